The van der Waals surface area contributed by atoms with Gasteiger partial charge in [-0.3, -0.25) is 0 Å². The van der Waals surface area contributed by atoms with Crippen LogP contribution in [-0.2, 0) is 9.84 Å². The number of carbonyl (C=O) groups excluding carboxylic acids is 1. The van der Waals surface area contributed by atoms with Gasteiger partial charge in [-0.1, -0.05) is 12.1 Å². The molecule has 104 valence electrons. The van der Waals surface area contributed by atoms with Crippen LogP contribution in [-0.4, -0.2) is 38.7 Å². The van der Waals surface area contributed by atoms with Crippen molar-refractivity contribution in [2.24, 2.45) is 0 Å². The van der Waals surface area contributed by atoms with Crippen LogP contribution >= 0.6 is 0 Å². The number of carbonyl (C=O) groups is 1. The monoisotopic (exact) mass is 282 g/mol. The second-order valence-electron chi connectivity index (χ2n) is 4.85. The van der Waals surface area contributed by atoms with Crippen LogP contribution in [0.25, 0.3) is 0 Å². The van der Waals surface area contributed by atoms with Crippen molar-refractivity contribution in [2.45, 2.75) is 24.3 Å². The van der Waals surface area contributed by atoms with Gasteiger partial charge in [-0.05, 0) is 31.0 Å². The molecule has 0 spiro atoms. The molecule has 1 aromatic rings. The lowest BCUT2D eigenvalue weighted by Crippen LogP contribution is -2.48. The highest BCUT2D eigenvalue weighted by atomic mass is 32.2. The highest BCUT2D eigenvalue weighted by Crippen LogP contribution is 2.17. The molecule has 1 aliphatic rings. The number of likely N-dealkylation sites (tertiary alicyclic amines) is 1. The molecule has 1 atom stereocenters. The summed E-state index contributed by atoms with van der Waals surface area (Å²) in [4.78, 5) is 13.8. The molecule has 0 aliphatic carbocycles. The first kappa shape index (κ1) is 13.9. The van der Waals surface area contributed by atoms with E-state index >= 15 is 0 Å². The van der Waals surface area contributed by atoms with Crippen molar-refractivity contribution in [3.63, 3.8) is 0 Å². The van der Waals surface area contributed by atoms with E-state index in [1.165, 1.54) is 6.26 Å². The Morgan fingerprint density at radius 1 is 1.26 bits per heavy atom. The van der Waals surface area contributed by atoms with E-state index in [1.807, 2.05) is 6.92 Å². The molecule has 1 saturated heterocycles. The topological polar surface area (TPSA) is 66.5 Å². The number of hydrogen-bond acceptors (Lipinski definition) is 3. The maximum Gasteiger partial charge on any atom is 0.317 e. The number of rotatable bonds is 3. The zero-order valence-corrected chi connectivity index (χ0v) is 11.9. The molecule has 0 radical (unpaired) electrons. The molecule has 1 aromatic carbocycles. The lowest BCUT2D eigenvalue weighted by atomic mass is 10.1. The quantitative estimate of drug-likeness (QED) is 0.915. The fourth-order valence-electron chi connectivity index (χ4n) is 1.88. The van der Waals surface area contributed by atoms with E-state index in [4.69, 9.17) is 0 Å². The predicted octanol–water partition coefficient (Wildman–Crippen LogP) is 1.57. The standard InChI is InChI=1S/C13H18N2O3S/c1-10(14-13(16)15-8-3-9-15)11-4-6-12(7-5-11)19(2,17)18/h4-7,10H,3,8-9H2,1-2H3,(H,14,16)/t10-/m1/s1. The zero-order chi connectivity index (χ0) is 14.0. The van der Waals surface area contributed by atoms with E-state index in [2.05, 4.69) is 5.32 Å². The van der Waals surface area contributed by atoms with E-state index in [0.717, 1.165) is 25.1 Å². The van der Waals surface area contributed by atoms with E-state index in [9.17, 15) is 13.2 Å². The Morgan fingerprint density at radius 3 is 2.26 bits per heavy atom. The highest BCUT2D eigenvalue weighted by Gasteiger charge is 2.21. The Morgan fingerprint density at radius 2 is 1.84 bits per heavy atom. The van der Waals surface area contributed by atoms with Gasteiger partial charge in [0.15, 0.2) is 9.84 Å². The van der Waals surface area contributed by atoms with Crippen molar-refractivity contribution in [1.29, 1.82) is 0 Å². The summed E-state index contributed by atoms with van der Waals surface area (Å²) in [5.41, 5.74) is 0.890. The summed E-state index contributed by atoms with van der Waals surface area (Å²) in [7, 11) is -3.17. The number of sulfone groups is 1. The number of urea groups is 1. The average Bonchev–Trinajstić information content (AvgIpc) is 2.25. The lowest BCUT2D eigenvalue weighted by molar-refractivity contribution is 0.164. The summed E-state index contributed by atoms with van der Waals surface area (Å²) in [5.74, 6) is 0. The summed E-state index contributed by atoms with van der Waals surface area (Å²) in [6, 6.07) is 6.40. The predicted molar refractivity (Wildman–Crippen MR) is 72.7 cm³/mol. The molecule has 1 fully saturated rings. The normalized spacial score (nSPS) is 16.6. The summed E-state index contributed by atoms with van der Waals surface area (Å²) in [6.45, 7) is 3.50. The highest BCUT2D eigenvalue weighted by molar-refractivity contribution is 7.90. The Labute approximate surface area is 113 Å². The largest absolute Gasteiger partial charge is 0.331 e. The number of benzene rings is 1. The number of hydrogen-bond donors (Lipinski definition) is 1. The van der Waals surface area contributed by atoms with Gasteiger partial charge < -0.3 is 10.2 Å². The molecule has 19 heavy (non-hydrogen) atoms. The maximum absolute atomic E-state index is 11.8. The van der Waals surface area contributed by atoms with Crippen molar-refractivity contribution in [1.82, 2.24) is 10.2 Å². The molecule has 5 nitrogen and oxygen atoms in total. The smallest absolute Gasteiger partial charge is 0.317 e. The Balaban J connectivity index is 2.03. The summed E-state index contributed by atoms with van der Waals surface area (Å²) >= 11 is 0. The molecule has 2 rings (SSSR count). The molecule has 1 aliphatic heterocycles. The Hall–Kier alpha value is -1.56. The van der Waals surface area contributed by atoms with Crippen LogP contribution < -0.4 is 5.32 Å². The molecule has 0 saturated carbocycles. The third kappa shape index (κ3) is 3.26. The van der Waals surface area contributed by atoms with E-state index in [1.54, 1.807) is 29.2 Å². The van der Waals surface area contributed by atoms with Crippen LogP contribution in [0.15, 0.2) is 29.2 Å². The van der Waals surface area contributed by atoms with Crippen molar-refractivity contribution in [3.05, 3.63) is 29.8 Å². The fraction of sp³-hybridized carbons (Fsp3) is 0.462. The minimum atomic E-state index is -3.17. The van der Waals surface area contributed by atoms with Gasteiger partial charge in [0.1, 0.15) is 0 Å². The van der Waals surface area contributed by atoms with Gasteiger partial charge in [0, 0.05) is 19.3 Å². The zero-order valence-electron chi connectivity index (χ0n) is 11.1. The van der Waals surface area contributed by atoms with E-state index in [-0.39, 0.29) is 17.0 Å². The van der Waals surface area contributed by atoms with Crippen LogP contribution in [0.3, 0.4) is 0 Å². The van der Waals surface area contributed by atoms with Gasteiger partial charge >= 0.3 is 6.03 Å². The molecular weight excluding hydrogens is 264 g/mol. The summed E-state index contributed by atoms with van der Waals surface area (Å²) in [5, 5.41) is 2.89. The van der Waals surface area contributed by atoms with Gasteiger partial charge in [-0.25, -0.2) is 13.2 Å². The molecule has 0 bridgehead atoms. The average molecular weight is 282 g/mol. The molecule has 2 amide bonds. The van der Waals surface area contributed by atoms with Crippen molar-refractivity contribution < 1.29 is 13.2 Å². The maximum atomic E-state index is 11.8. The van der Waals surface area contributed by atoms with Gasteiger partial charge in [0.25, 0.3) is 0 Å². The number of nitrogens with one attached hydrogen (secondary N) is 1. The first-order valence-electron chi connectivity index (χ1n) is 6.23. The van der Waals surface area contributed by atoms with Gasteiger partial charge in [0.05, 0.1) is 10.9 Å². The van der Waals surface area contributed by atoms with Crippen LogP contribution in [0.2, 0.25) is 0 Å². The van der Waals surface area contributed by atoms with E-state index < -0.39 is 9.84 Å². The second-order valence-corrected chi connectivity index (χ2v) is 6.87. The lowest BCUT2D eigenvalue weighted by Gasteiger charge is -2.32. The van der Waals surface area contributed by atoms with E-state index in [0.29, 0.717) is 0 Å². The molecular formula is C13H18N2O3S. The van der Waals surface area contributed by atoms with Crippen LogP contribution in [0.4, 0.5) is 4.79 Å². The summed E-state index contributed by atoms with van der Waals surface area (Å²) < 4.78 is 22.7. The molecule has 0 unspecified atom stereocenters. The number of nitrogens with zero attached hydrogens (tertiary/aromatic N) is 1. The van der Waals surface area contributed by atoms with Crippen molar-refractivity contribution in [3.8, 4) is 0 Å². The molecule has 1 heterocycles. The SMILES string of the molecule is C[C@@H](NC(=O)N1CCC1)c1ccc(S(C)(=O)=O)cc1. The van der Waals surface area contributed by atoms with Gasteiger partial charge in [-0.15, -0.1) is 0 Å². The number of amides is 2. The van der Waals surface area contributed by atoms with Crippen molar-refractivity contribution in [2.75, 3.05) is 19.3 Å². The van der Waals surface area contributed by atoms with Crippen LogP contribution in [0, 0.1) is 0 Å². The van der Waals surface area contributed by atoms with Gasteiger partial charge in [-0.2, -0.15) is 0 Å². The van der Waals surface area contributed by atoms with Crippen molar-refractivity contribution >= 4 is 15.9 Å². The second kappa shape index (κ2) is 5.21. The Kier molecular flexibility index (Phi) is 3.80. The first-order chi connectivity index (χ1) is 8.88. The minimum absolute atomic E-state index is 0.0639. The van der Waals surface area contributed by atoms with Gasteiger partial charge in [0.2, 0.25) is 0 Å². The van der Waals surface area contributed by atoms with Crippen LogP contribution in [0.1, 0.15) is 24.9 Å². The molecule has 1 N–H and O–H groups in total. The Bertz CT molecular complexity index is 562. The minimum Gasteiger partial charge on any atom is -0.331 e. The third-order valence-electron chi connectivity index (χ3n) is 3.29. The van der Waals surface area contributed by atoms with Crippen LogP contribution in [0.5, 0.6) is 0 Å². The summed E-state index contributed by atoms with van der Waals surface area (Å²) in [6.07, 6.45) is 2.24. The molecule has 6 heteroatoms. The third-order valence-corrected chi connectivity index (χ3v) is 4.42. The first-order valence-corrected chi connectivity index (χ1v) is 8.12. The molecule has 0 aromatic heterocycles. The fourth-order valence-corrected chi connectivity index (χ4v) is 2.51.